The molecule has 0 saturated carbocycles. The molecule has 5 nitrogen and oxygen atoms in total. The Labute approximate surface area is 95.1 Å². The van der Waals surface area contributed by atoms with E-state index in [-0.39, 0.29) is 6.61 Å². The average Bonchev–Trinajstić information content (AvgIpc) is 2.15. The molecule has 0 aromatic carbocycles. The highest BCUT2D eigenvalue weighted by molar-refractivity contribution is 14.1. The van der Waals surface area contributed by atoms with E-state index in [2.05, 4.69) is 12.6 Å². The Kier molecular flexibility index (Phi) is 4.69. The molecule has 78 valence electrons. The molecule has 5 atom stereocenters. The van der Waals surface area contributed by atoms with E-state index >= 15 is 0 Å². The van der Waals surface area contributed by atoms with Crippen molar-refractivity contribution in [1.82, 2.24) is 0 Å². The maximum Gasteiger partial charge on any atom is 0.197 e. The number of rotatable bonds is 2. The van der Waals surface area contributed by atoms with Crippen LogP contribution in [0.2, 0.25) is 0 Å². The molecule has 13 heavy (non-hydrogen) atoms. The predicted octanol–water partition coefficient (Wildman–Crippen LogP) is -0.910. The van der Waals surface area contributed by atoms with Crippen molar-refractivity contribution in [2.75, 3.05) is 6.61 Å². The van der Waals surface area contributed by atoms with Crippen LogP contribution >= 0.6 is 35.6 Å². The lowest BCUT2D eigenvalue weighted by Crippen LogP contribution is -2.56. The van der Waals surface area contributed by atoms with Crippen molar-refractivity contribution in [2.24, 2.45) is 0 Å². The van der Waals surface area contributed by atoms with Gasteiger partial charge in [0, 0.05) is 0 Å². The van der Waals surface area contributed by atoms with Gasteiger partial charge in [-0.1, -0.05) is 0 Å². The molecular weight excluding hydrogens is 311 g/mol. The van der Waals surface area contributed by atoms with Crippen LogP contribution < -0.4 is 0 Å². The number of hydrogen-bond acceptors (Lipinski definition) is 6. The monoisotopic (exact) mass is 322 g/mol. The standard InChI is InChI=1S/C6H11IO5S/c7-12-6-4(10)3(9)5(13)2(1-8)11-6/h2-6,8-10,13H,1H2/t2?,3?,4?,5-,6+/m0/s1. The van der Waals surface area contributed by atoms with E-state index < -0.39 is 29.9 Å². The summed E-state index contributed by atoms with van der Waals surface area (Å²) in [7, 11) is 0. The van der Waals surface area contributed by atoms with E-state index in [9.17, 15) is 10.2 Å². The third-order valence-corrected chi connectivity index (χ3v) is 3.08. The zero-order valence-electron chi connectivity index (χ0n) is 6.58. The quantitative estimate of drug-likeness (QED) is 0.391. The van der Waals surface area contributed by atoms with Crippen LogP contribution in [-0.2, 0) is 7.80 Å². The number of aliphatic hydroxyl groups excluding tert-OH is 3. The van der Waals surface area contributed by atoms with Crippen molar-refractivity contribution in [1.29, 1.82) is 0 Å². The van der Waals surface area contributed by atoms with Gasteiger partial charge in [-0.05, 0) is 0 Å². The van der Waals surface area contributed by atoms with Gasteiger partial charge >= 0.3 is 0 Å². The van der Waals surface area contributed by atoms with Crippen LogP contribution in [0.5, 0.6) is 0 Å². The van der Waals surface area contributed by atoms with Crippen LogP contribution in [-0.4, -0.2) is 51.8 Å². The third-order valence-electron chi connectivity index (χ3n) is 1.94. The van der Waals surface area contributed by atoms with Crippen molar-refractivity contribution in [3.8, 4) is 0 Å². The lowest BCUT2D eigenvalue weighted by Gasteiger charge is -2.38. The molecule has 0 aromatic rings. The topological polar surface area (TPSA) is 79.2 Å². The zero-order valence-corrected chi connectivity index (χ0v) is 9.63. The fraction of sp³-hybridized carbons (Fsp3) is 1.00. The second kappa shape index (κ2) is 5.10. The van der Waals surface area contributed by atoms with Gasteiger partial charge < -0.3 is 20.1 Å². The molecule has 0 aliphatic carbocycles. The lowest BCUT2D eigenvalue weighted by atomic mass is 10.0. The number of aliphatic hydroxyl groups is 3. The van der Waals surface area contributed by atoms with Crippen LogP contribution in [0.1, 0.15) is 0 Å². The molecule has 0 aromatic heterocycles. The van der Waals surface area contributed by atoms with Crippen molar-refractivity contribution >= 4 is 35.6 Å². The molecular formula is C6H11IO5S. The van der Waals surface area contributed by atoms with Gasteiger partial charge in [0.15, 0.2) is 6.29 Å². The SMILES string of the molecule is OCC1O[C@H](OI)C(O)C(O)[C@H]1S. The third kappa shape index (κ3) is 2.46. The van der Waals surface area contributed by atoms with Crippen LogP contribution in [0, 0.1) is 0 Å². The van der Waals surface area contributed by atoms with Gasteiger partial charge in [0.25, 0.3) is 0 Å². The first-order valence-corrected chi connectivity index (χ1v) is 5.09. The lowest BCUT2D eigenvalue weighted by molar-refractivity contribution is -0.225. The molecule has 1 aliphatic rings. The number of hydrogen-bond donors (Lipinski definition) is 4. The first kappa shape index (κ1) is 12.0. The minimum Gasteiger partial charge on any atom is -0.394 e. The molecule has 0 amide bonds. The van der Waals surface area contributed by atoms with Gasteiger partial charge in [-0.15, -0.1) is 0 Å². The first-order chi connectivity index (χ1) is 6.11. The highest BCUT2D eigenvalue weighted by Gasteiger charge is 2.42. The summed E-state index contributed by atoms with van der Waals surface area (Å²) < 4.78 is 9.86. The maximum atomic E-state index is 9.45. The summed E-state index contributed by atoms with van der Waals surface area (Å²) in [6.45, 7) is -0.269. The summed E-state index contributed by atoms with van der Waals surface area (Å²) in [5.41, 5.74) is 0. The Hall–Kier alpha value is 0.880. The second-order valence-electron chi connectivity index (χ2n) is 2.79. The molecule has 1 fully saturated rings. The predicted molar refractivity (Wildman–Crippen MR) is 55.6 cm³/mol. The van der Waals surface area contributed by atoms with E-state index in [1.807, 2.05) is 0 Å². The molecule has 1 rings (SSSR count). The largest absolute Gasteiger partial charge is 0.394 e. The van der Waals surface area contributed by atoms with Gasteiger partial charge in [0.2, 0.25) is 0 Å². The fourth-order valence-electron chi connectivity index (χ4n) is 1.14. The van der Waals surface area contributed by atoms with E-state index in [1.54, 1.807) is 23.0 Å². The Balaban J connectivity index is 2.66. The van der Waals surface area contributed by atoms with E-state index in [4.69, 9.17) is 12.9 Å². The Morgan fingerprint density at radius 2 is 2.00 bits per heavy atom. The Bertz CT molecular complexity index is 151. The summed E-state index contributed by atoms with van der Waals surface area (Å²) in [4.78, 5) is 0. The van der Waals surface area contributed by atoms with Crippen LogP contribution in [0.4, 0.5) is 0 Å². The highest BCUT2D eigenvalue weighted by atomic mass is 127. The molecule has 3 unspecified atom stereocenters. The van der Waals surface area contributed by atoms with E-state index in [1.165, 1.54) is 0 Å². The smallest absolute Gasteiger partial charge is 0.197 e. The summed E-state index contributed by atoms with van der Waals surface area (Å²) in [6, 6.07) is 0. The molecule has 0 radical (unpaired) electrons. The molecule has 3 N–H and O–H groups in total. The summed E-state index contributed by atoms with van der Waals surface area (Å²) in [5.74, 6) is 0. The number of thiol groups is 1. The van der Waals surface area contributed by atoms with Gasteiger partial charge in [0.05, 0.1) is 24.1 Å². The molecule has 7 heteroatoms. The number of halogens is 1. The molecule has 1 aliphatic heterocycles. The van der Waals surface area contributed by atoms with Crippen LogP contribution in [0.15, 0.2) is 0 Å². The average molecular weight is 322 g/mol. The minimum atomic E-state index is -1.14. The summed E-state index contributed by atoms with van der Waals surface area (Å²) >= 11 is 5.58. The van der Waals surface area contributed by atoms with Crippen molar-refractivity contribution in [3.05, 3.63) is 0 Å². The summed E-state index contributed by atoms with van der Waals surface area (Å²) in [5, 5.41) is 27.1. The molecule has 1 heterocycles. The van der Waals surface area contributed by atoms with Crippen molar-refractivity contribution < 1.29 is 23.1 Å². The van der Waals surface area contributed by atoms with Crippen LogP contribution in [0.3, 0.4) is 0 Å². The number of ether oxygens (including phenoxy) is 1. The zero-order chi connectivity index (χ0) is 10.0. The van der Waals surface area contributed by atoms with E-state index in [0.717, 1.165) is 0 Å². The van der Waals surface area contributed by atoms with Crippen molar-refractivity contribution in [2.45, 2.75) is 29.9 Å². The van der Waals surface area contributed by atoms with Crippen LogP contribution in [0.25, 0.3) is 0 Å². The minimum absolute atomic E-state index is 0.269. The molecule has 0 bridgehead atoms. The first-order valence-electron chi connectivity index (χ1n) is 3.69. The van der Waals surface area contributed by atoms with Crippen molar-refractivity contribution in [3.63, 3.8) is 0 Å². The van der Waals surface area contributed by atoms with Gasteiger partial charge in [-0.2, -0.15) is 12.6 Å². The highest BCUT2D eigenvalue weighted by Crippen LogP contribution is 2.26. The summed E-state index contributed by atoms with van der Waals surface area (Å²) in [6.07, 6.45) is -3.74. The maximum absolute atomic E-state index is 9.45. The fourth-order valence-corrected chi connectivity index (χ4v) is 1.90. The Morgan fingerprint density at radius 1 is 1.38 bits per heavy atom. The molecule has 0 spiro atoms. The second-order valence-corrected chi connectivity index (χ2v) is 3.89. The van der Waals surface area contributed by atoms with Gasteiger partial charge in [-0.25, -0.2) is 0 Å². The molecule has 1 saturated heterocycles. The van der Waals surface area contributed by atoms with Gasteiger partial charge in [-0.3, -0.25) is 3.07 Å². The normalized spacial score (nSPS) is 46.4. The Morgan fingerprint density at radius 3 is 2.46 bits per heavy atom. The van der Waals surface area contributed by atoms with E-state index in [0.29, 0.717) is 0 Å². The van der Waals surface area contributed by atoms with Gasteiger partial charge in [0.1, 0.15) is 29.1 Å².